The molecule has 1 aromatic heterocycles. The predicted molar refractivity (Wildman–Crippen MR) is 98.4 cm³/mol. The van der Waals surface area contributed by atoms with Gasteiger partial charge >= 0.3 is 0 Å². The van der Waals surface area contributed by atoms with E-state index in [9.17, 15) is 4.79 Å². The Bertz CT molecular complexity index is 775. The van der Waals surface area contributed by atoms with Crippen LogP contribution in [0.25, 0.3) is 0 Å². The average Bonchev–Trinajstić information content (AvgIpc) is 2.46. The lowest BCUT2D eigenvalue weighted by atomic mass is 10.1. The van der Waals surface area contributed by atoms with Crippen molar-refractivity contribution in [3.8, 4) is 0 Å². The first-order valence-electron chi connectivity index (χ1n) is 7.44. The molecule has 2 aromatic rings. The minimum atomic E-state index is -0.384. The van der Waals surface area contributed by atoms with Crippen LogP contribution >= 0.6 is 23.4 Å². The van der Waals surface area contributed by atoms with Gasteiger partial charge in [-0.1, -0.05) is 59.3 Å². The predicted octanol–water partition coefficient (Wildman–Crippen LogP) is 4.81. The zero-order valence-electron chi connectivity index (χ0n) is 13.8. The van der Waals surface area contributed by atoms with Crippen molar-refractivity contribution >= 4 is 23.4 Å². The largest absolute Gasteiger partial charge is 0.287 e. The number of rotatable bonds is 4. The molecule has 0 unspecified atom stereocenters. The number of aromatic nitrogens is 2. The number of benzene rings is 1. The van der Waals surface area contributed by atoms with Crippen molar-refractivity contribution in [2.24, 2.45) is 0 Å². The molecular formula is C18H21ClN2OS. The van der Waals surface area contributed by atoms with Gasteiger partial charge in [0, 0.05) is 0 Å². The van der Waals surface area contributed by atoms with E-state index in [4.69, 9.17) is 11.6 Å². The third-order valence-electron chi connectivity index (χ3n) is 3.25. The number of allylic oxidation sites excluding steroid dienone is 1. The van der Waals surface area contributed by atoms with Crippen LogP contribution in [0.3, 0.4) is 0 Å². The van der Waals surface area contributed by atoms with Gasteiger partial charge in [0.2, 0.25) is 0 Å². The molecule has 0 aliphatic carbocycles. The molecule has 3 nitrogen and oxygen atoms in total. The Labute approximate surface area is 146 Å². The highest BCUT2D eigenvalue weighted by Gasteiger charge is 2.19. The highest BCUT2D eigenvalue weighted by atomic mass is 35.5. The van der Waals surface area contributed by atoms with Gasteiger partial charge in [-0.25, -0.2) is 4.68 Å². The van der Waals surface area contributed by atoms with E-state index >= 15 is 0 Å². The first kappa shape index (κ1) is 17.8. The minimum Gasteiger partial charge on any atom is -0.266 e. The summed E-state index contributed by atoms with van der Waals surface area (Å²) in [4.78, 5) is 12.9. The maximum atomic E-state index is 12.3. The van der Waals surface area contributed by atoms with Crippen molar-refractivity contribution in [1.82, 2.24) is 9.78 Å². The van der Waals surface area contributed by atoms with Crippen molar-refractivity contribution in [3.05, 3.63) is 68.4 Å². The summed E-state index contributed by atoms with van der Waals surface area (Å²) in [7, 11) is 0. The Balaban J connectivity index is 2.08. The molecule has 0 atom stereocenters. The molecule has 23 heavy (non-hydrogen) atoms. The quantitative estimate of drug-likeness (QED) is 0.744. The zero-order chi connectivity index (χ0) is 17.0. The summed E-state index contributed by atoms with van der Waals surface area (Å²) >= 11 is 7.61. The number of hydrogen-bond acceptors (Lipinski definition) is 3. The van der Waals surface area contributed by atoms with E-state index < -0.39 is 0 Å². The summed E-state index contributed by atoms with van der Waals surface area (Å²) < 4.78 is 1.41. The average molecular weight is 349 g/mol. The van der Waals surface area contributed by atoms with Gasteiger partial charge in [-0.2, -0.15) is 5.10 Å². The van der Waals surface area contributed by atoms with Gasteiger partial charge in [-0.3, -0.25) is 4.79 Å². The third kappa shape index (κ3) is 4.72. The normalized spacial score (nSPS) is 12.0. The number of aryl methyl sites for hydroxylation is 1. The first-order chi connectivity index (χ1) is 10.8. The molecular weight excluding hydrogens is 328 g/mol. The fourth-order valence-corrected chi connectivity index (χ4v) is 3.02. The van der Waals surface area contributed by atoms with E-state index in [1.54, 1.807) is 6.20 Å². The minimum absolute atomic E-state index is 0.222. The fraction of sp³-hybridized carbons (Fsp3) is 0.333. The monoisotopic (exact) mass is 348 g/mol. The number of nitrogens with zero attached hydrogens (tertiary/aromatic N) is 2. The summed E-state index contributed by atoms with van der Waals surface area (Å²) in [5.41, 5.74) is 1.87. The first-order valence-corrected chi connectivity index (χ1v) is 8.70. The summed E-state index contributed by atoms with van der Waals surface area (Å²) in [5, 5.41) is 6.40. The van der Waals surface area contributed by atoms with Crippen LogP contribution in [0, 0.1) is 6.92 Å². The van der Waals surface area contributed by atoms with Crippen LogP contribution in [0.15, 0.2) is 51.6 Å². The Morgan fingerprint density at radius 1 is 1.35 bits per heavy atom. The molecule has 0 aliphatic heterocycles. The second-order valence-corrected chi connectivity index (χ2v) is 7.72. The molecule has 2 rings (SSSR count). The Kier molecular flexibility index (Phi) is 5.71. The Hall–Kier alpha value is -1.52. The maximum absolute atomic E-state index is 12.3. The van der Waals surface area contributed by atoms with Crippen molar-refractivity contribution < 1.29 is 0 Å². The highest BCUT2D eigenvalue weighted by Crippen LogP contribution is 2.25. The molecule has 0 saturated heterocycles. The molecule has 122 valence electrons. The lowest BCUT2D eigenvalue weighted by molar-refractivity contribution is 0.336. The Morgan fingerprint density at radius 3 is 2.74 bits per heavy atom. The van der Waals surface area contributed by atoms with E-state index in [0.29, 0.717) is 4.90 Å². The molecule has 1 aromatic carbocycles. The van der Waals surface area contributed by atoms with E-state index in [1.165, 1.54) is 27.6 Å². The molecule has 0 saturated carbocycles. The SMILES string of the molecule is Cc1cccc(CC=CSc2cnn(C(C)(C)C)c(=O)c2Cl)c1. The molecule has 0 amide bonds. The van der Waals surface area contributed by atoms with Crippen LogP contribution in [0.4, 0.5) is 0 Å². The Morgan fingerprint density at radius 2 is 2.09 bits per heavy atom. The summed E-state index contributed by atoms with van der Waals surface area (Å²) in [5.74, 6) is 0. The summed E-state index contributed by atoms with van der Waals surface area (Å²) in [6.07, 6.45) is 4.56. The topological polar surface area (TPSA) is 34.9 Å². The molecule has 1 heterocycles. The second-order valence-electron chi connectivity index (χ2n) is 6.39. The van der Waals surface area contributed by atoms with Crippen molar-refractivity contribution in [3.63, 3.8) is 0 Å². The highest BCUT2D eigenvalue weighted by molar-refractivity contribution is 8.02. The van der Waals surface area contributed by atoms with Crippen molar-refractivity contribution in [2.75, 3.05) is 0 Å². The van der Waals surface area contributed by atoms with Gasteiger partial charge in [0.05, 0.1) is 16.6 Å². The molecule has 5 heteroatoms. The zero-order valence-corrected chi connectivity index (χ0v) is 15.4. The van der Waals surface area contributed by atoms with Crippen LogP contribution in [-0.4, -0.2) is 9.78 Å². The summed E-state index contributed by atoms with van der Waals surface area (Å²) in [6, 6.07) is 8.39. The number of hydrogen-bond donors (Lipinski definition) is 0. The smallest absolute Gasteiger partial charge is 0.266 e. The standard InChI is InChI=1S/C18H21ClN2OS/c1-13-7-5-8-14(11-13)9-6-10-23-15-12-20-21(18(2,3)4)17(22)16(15)19/h5-8,10-12H,9H2,1-4H3. The van der Waals surface area contributed by atoms with Crippen molar-refractivity contribution in [2.45, 2.75) is 44.6 Å². The van der Waals surface area contributed by atoms with Gasteiger partial charge in [-0.05, 0) is 45.1 Å². The molecule has 0 bridgehead atoms. The molecule has 0 fully saturated rings. The lowest BCUT2D eigenvalue weighted by Gasteiger charge is -2.20. The summed E-state index contributed by atoms with van der Waals surface area (Å²) in [6.45, 7) is 7.85. The van der Waals surface area contributed by atoms with E-state index in [-0.39, 0.29) is 16.1 Å². The fourth-order valence-electron chi connectivity index (χ4n) is 2.12. The van der Waals surface area contributed by atoms with E-state index in [2.05, 4.69) is 42.4 Å². The molecule has 0 N–H and O–H groups in total. The van der Waals surface area contributed by atoms with E-state index in [0.717, 1.165) is 6.42 Å². The van der Waals surface area contributed by atoms with Crippen LogP contribution < -0.4 is 5.56 Å². The molecule has 0 spiro atoms. The van der Waals surface area contributed by atoms with Crippen LogP contribution in [0.1, 0.15) is 31.9 Å². The van der Waals surface area contributed by atoms with Gasteiger partial charge in [-0.15, -0.1) is 0 Å². The van der Waals surface area contributed by atoms with Gasteiger partial charge < -0.3 is 0 Å². The van der Waals surface area contributed by atoms with Crippen LogP contribution in [0.5, 0.6) is 0 Å². The number of halogens is 1. The molecule has 0 radical (unpaired) electrons. The molecule has 0 aliphatic rings. The second kappa shape index (κ2) is 7.37. The third-order valence-corrected chi connectivity index (χ3v) is 4.62. The van der Waals surface area contributed by atoms with E-state index in [1.807, 2.05) is 26.2 Å². The van der Waals surface area contributed by atoms with Crippen molar-refractivity contribution in [1.29, 1.82) is 0 Å². The number of thioether (sulfide) groups is 1. The lowest BCUT2D eigenvalue weighted by Crippen LogP contribution is -2.36. The van der Waals surface area contributed by atoms with Gasteiger partial charge in [0.25, 0.3) is 5.56 Å². The van der Waals surface area contributed by atoms with Gasteiger partial charge in [0.15, 0.2) is 0 Å². The van der Waals surface area contributed by atoms with Crippen LogP contribution in [0.2, 0.25) is 5.02 Å². The van der Waals surface area contributed by atoms with Gasteiger partial charge in [0.1, 0.15) is 5.02 Å². The maximum Gasteiger partial charge on any atom is 0.287 e. The van der Waals surface area contributed by atoms with Crippen LogP contribution in [-0.2, 0) is 12.0 Å².